The molecule has 0 radical (unpaired) electrons. The van der Waals surface area contributed by atoms with E-state index in [1.165, 1.54) is 25.1 Å². The van der Waals surface area contributed by atoms with Gasteiger partial charge in [0, 0.05) is 9.13 Å². The van der Waals surface area contributed by atoms with Crippen molar-refractivity contribution in [1.29, 1.82) is 0 Å². The van der Waals surface area contributed by atoms with Gasteiger partial charge in [0.25, 0.3) is 0 Å². The van der Waals surface area contributed by atoms with Gasteiger partial charge in [-0.1, -0.05) is 0 Å². The Balaban J connectivity index is 3.20. The molecule has 0 heterocycles. The van der Waals surface area contributed by atoms with Gasteiger partial charge in [0.15, 0.2) is 5.78 Å². The van der Waals surface area contributed by atoms with Gasteiger partial charge in [0.05, 0.1) is 0 Å². The zero-order valence-corrected chi connectivity index (χ0v) is 8.05. The first-order valence-electron chi connectivity index (χ1n) is 3.07. The summed E-state index contributed by atoms with van der Waals surface area (Å²) in [6.07, 6.45) is 0. The summed E-state index contributed by atoms with van der Waals surface area (Å²) in [5.74, 6) is -0.339. The van der Waals surface area contributed by atoms with Crippen molar-refractivity contribution in [1.82, 2.24) is 0 Å². The molecule has 0 atom stereocenters. The van der Waals surface area contributed by atoms with Crippen molar-refractivity contribution in [3.63, 3.8) is 0 Å². The molecular weight excluding hydrogens is 258 g/mol. The van der Waals surface area contributed by atoms with Crippen molar-refractivity contribution in [2.75, 3.05) is 0 Å². The lowest BCUT2D eigenvalue weighted by Crippen LogP contribution is -1.95. The van der Waals surface area contributed by atoms with Crippen LogP contribution in [0.3, 0.4) is 0 Å². The van der Waals surface area contributed by atoms with E-state index in [4.69, 9.17) is 0 Å². The maximum atomic E-state index is 12.5. The van der Waals surface area contributed by atoms with E-state index >= 15 is 0 Å². The summed E-state index contributed by atoms with van der Waals surface area (Å²) in [5, 5.41) is 0. The number of hydrogen-bond acceptors (Lipinski definition) is 1. The summed E-state index contributed by atoms with van der Waals surface area (Å²) in [6.45, 7) is 1.47. The molecule has 1 aromatic carbocycles. The number of Topliss-reactive ketones (excluding diaryl/α,β-unsaturated/α-hetero) is 1. The maximum Gasteiger partial charge on any atom is 0.160 e. The predicted molar refractivity (Wildman–Crippen MR) is 49.1 cm³/mol. The molecule has 1 rings (SSSR count). The zero-order chi connectivity index (χ0) is 8.43. The first kappa shape index (κ1) is 8.64. The highest BCUT2D eigenvalue weighted by molar-refractivity contribution is 14.1. The van der Waals surface area contributed by atoms with E-state index in [9.17, 15) is 9.18 Å². The van der Waals surface area contributed by atoms with Gasteiger partial charge in [0.2, 0.25) is 0 Å². The number of carbonyl (C=O) groups excluding carboxylic acids is 1. The molecule has 0 bridgehead atoms. The van der Waals surface area contributed by atoms with Crippen LogP contribution in [0.15, 0.2) is 18.2 Å². The summed E-state index contributed by atoms with van der Waals surface area (Å²) >= 11 is 1.94. The van der Waals surface area contributed by atoms with Gasteiger partial charge in [-0.15, -0.1) is 0 Å². The van der Waals surface area contributed by atoms with E-state index in [1.807, 2.05) is 22.6 Å². The van der Waals surface area contributed by atoms with Crippen LogP contribution in [0.5, 0.6) is 0 Å². The fourth-order valence-corrected chi connectivity index (χ4v) is 1.63. The SMILES string of the molecule is CC(=O)c1ccc(F)cc1I. The van der Waals surface area contributed by atoms with Crippen LogP contribution in [0.25, 0.3) is 0 Å². The van der Waals surface area contributed by atoms with Crippen LogP contribution in [-0.4, -0.2) is 5.78 Å². The lowest BCUT2D eigenvalue weighted by Gasteiger charge is -1.98. The van der Waals surface area contributed by atoms with Crippen LogP contribution in [0.4, 0.5) is 4.39 Å². The van der Waals surface area contributed by atoms with Gasteiger partial charge in [0.1, 0.15) is 5.82 Å². The molecule has 0 aliphatic heterocycles. The standard InChI is InChI=1S/C8H6FIO/c1-5(11)7-3-2-6(9)4-8(7)10/h2-4H,1H3. The number of carbonyl (C=O) groups is 1. The first-order valence-corrected chi connectivity index (χ1v) is 4.15. The van der Waals surface area contributed by atoms with Crippen molar-refractivity contribution < 1.29 is 9.18 Å². The van der Waals surface area contributed by atoms with Crippen LogP contribution in [-0.2, 0) is 0 Å². The second-order valence-corrected chi connectivity index (χ2v) is 3.34. The second-order valence-electron chi connectivity index (χ2n) is 2.18. The summed E-state index contributed by atoms with van der Waals surface area (Å²) in [4.78, 5) is 10.9. The van der Waals surface area contributed by atoms with Gasteiger partial charge < -0.3 is 0 Å². The Bertz CT molecular complexity index is 296. The molecule has 0 saturated heterocycles. The quantitative estimate of drug-likeness (QED) is 0.563. The molecule has 0 N–H and O–H groups in total. The molecule has 58 valence electrons. The Labute approximate surface area is 77.8 Å². The van der Waals surface area contributed by atoms with Crippen LogP contribution >= 0.6 is 22.6 Å². The lowest BCUT2D eigenvalue weighted by atomic mass is 10.1. The zero-order valence-electron chi connectivity index (χ0n) is 5.90. The molecule has 0 spiro atoms. The molecule has 1 nitrogen and oxygen atoms in total. The van der Waals surface area contributed by atoms with E-state index in [0.717, 1.165) is 0 Å². The molecule has 0 amide bonds. The largest absolute Gasteiger partial charge is 0.294 e. The van der Waals surface area contributed by atoms with Crippen molar-refractivity contribution in [3.8, 4) is 0 Å². The average Bonchev–Trinajstić information content (AvgIpc) is 1.85. The number of rotatable bonds is 1. The van der Waals surface area contributed by atoms with Crippen molar-refractivity contribution in [3.05, 3.63) is 33.1 Å². The molecule has 0 unspecified atom stereocenters. The van der Waals surface area contributed by atoms with E-state index < -0.39 is 0 Å². The van der Waals surface area contributed by atoms with E-state index in [0.29, 0.717) is 9.13 Å². The van der Waals surface area contributed by atoms with E-state index in [-0.39, 0.29) is 11.6 Å². The topological polar surface area (TPSA) is 17.1 Å². The normalized spacial score (nSPS) is 9.73. The molecule has 0 aliphatic rings. The van der Waals surface area contributed by atoms with Crippen molar-refractivity contribution in [2.45, 2.75) is 6.92 Å². The van der Waals surface area contributed by atoms with Crippen LogP contribution in [0.2, 0.25) is 0 Å². The van der Waals surface area contributed by atoms with Gasteiger partial charge in [-0.25, -0.2) is 4.39 Å². The summed E-state index contributed by atoms with van der Waals surface area (Å²) in [6, 6.07) is 4.13. The first-order chi connectivity index (χ1) is 5.11. The molecule has 1 aromatic rings. The fourth-order valence-electron chi connectivity index (χ4n) is 0.775. The van der Waals surface area contributed by atoms with Crippen LogP contribution < -0.4 is 0 Å². The van der Waals surface area contributed by atoms with Crippen molar-refractivity contribution >= 4 is 28.4 Å². The Morgan fingerprint density at radius 3 is 2.64 bits per heavy atom. The molecule has 0 aromatic heterocycles. The van der Waals surface area contributed by atoms with Crippen molar-refractivity contribution in [2.24, 2.45) is 0 Å². The highest BCUT2D eigenvalue weighted by Gasteiger charge is 2.04. The summed E-state index contributed by atoms with van der Waals surface area (Å²) in [7, 11) is 0. The molecule has 0 aliphatic carbocycles. The Morgan fingerprint density at radius 2 is 2.18 bits per heavy atom. The minimum atomic E-state index is -0.306. The van der Waals surface area contributed by atoms with Gasteiger partial charge in [-0.05, 0) is 47.7 Å². The Kier molecular flexibility index (Phi) is 2.59. The number of ketones is 1. The molecule has 11 heavy (non-hydrogen) atoms. The third-order valence-electron chi connectivity index (χ3n) is 1.31. The monoisotopic (exact) mass is 264 g/mol. The molecular formula is C8H6FIO. The summed E-state index contributed by atoms with van der Waals surface area (Å²) in [5.41, 5.74) is 0.576. The third-order valence-corrected chi connectivity index (χ3v) is 2.20. The lowest BCUT2D eigenvalue weighted by molar-refractivity contribution is 0.101. The smallest absolute Gasteiger partial charge is 0.160 e. The second kappa shape index (κ2) is 3.30. The number of halogens is 2. The van der Waals surface area contributed by atoms with E-state index in [2.05, 4.69) is 0 Å². The number of benzene rings is 1. The molecule has 0 fully saturated rings. The molecule has 0 saturated carbocycles. The van der Waals surface area contributed by atoms with Gasteiger partial charge in [-0.3, -0.25) is 4.79 Å². The third kappa shape index (κ3) is 1.99. The minimum Gasteiger partial charge on any atom is -0.294 e. The Hall–Kier alpha value is -0.450. The van der Waals surface area contributed by atoms with Gasteiger partial charge in [-0.2, -0.15) is 0 Å². The van der Waals surface area contributed by atoms with Crippen LogP contribution in [0, 0.1) is 9.39 Å². The maximum absolute atomic E-state index is 12.5. The van der Waals surface area contributed by atoms with E-state index in [1.54, 1.807) is 0 Å². The Morgan fingerprint density at radius 1 is 1.55 bits per heavy atom. The molecule has 3 heteroatoms. The highest BCUT2D eigenvalue weighted by Crippen LogP contribution is 2.13. The average molecular weight is 264 g/mol. The summed E-state index contributed by atoms with van der Waals surface area (Å²) < 4.78 is 13.2. The van der Waals surface area contributed by atoms with Crippen LogP contribution in [0.1, 0.15) is 17.3 Å². The minimum absolute atomic E-state index is 0.0330. The highest BCUT2D eigenvalue weighted by atomic mass is 127. The number of hydrogen-bond donors (Lipinski definition) is 0. The predicted octanol–water partition coefficient (Wildman–Crippen LogP) is 2.63. The van der Waals surface area contributed by atoms with Gasteiger partial charge >= 0.3 is 0 Å². The fraction of sp³-hybridized carbons (Fsp3) is 0.125.